The number of aromatic nitrogens is 2. The van der Waals surface area contributed by atoms with Gasteiger partial charge in [-0.05, 0) is 47.7 Å². The SMILES string of the molecule is CC[n+]1ccc(/C=C/c2ccc3[nH]ccc3c2)c2ccccc21. The molecule has 0 fully saturated rings. The zero-order chi connectivity index (χ0) is 15.6. The molecular weight excluding hydrogens is 280 g/mol. The Morgan fingerprint density at radius 3 is 2.83 bits per heavy atom. The third kappa shape index (κ3) is 2.53. The van der Waals surface area contributed by atoms with E-state index in [-0.39, 0.29) is 0 Å². The monoisotopic (exact) mass is 299 g/mol. The van der Waals surface area contributed by atoms with Crippen molar-refractivity contribution >= 4 is 34.0 Å². The summed E-state index contributed by atoms with van der Waals surface area (Å²) in [5, 5.41) is 2.53. The lowest BCUT2D eigenvalue weighted by Crippen LogP contribution is -2.32. The molecule has 0 spiro atoms. The summed E-state index contributed by atoms with van der Waals surface area (Å²) in [5.74, 6) is 0. The lowest BCUT2D eigenvalue weighted by Gasteiger charge is -2.02. The molecule has 4 rings (SSSR count). The van der Waals surface area contributed by atoms with Gasteiger partial charge in [-0.15, -0.1) is 0 Å². The van der Waals surface area contributed by atoms with Crippen LogP contribution < -0.4 is 4.57 Å². The number of H-pyrrole nitrogens is 1. The maximum atomic E-state index is 3.23. The van der Waals surface area contributed by atoms with E-state index in [0.717, 1.165) is 6.54 Å². The number of nitrogens with one attached hydrogen (secondary N) is 1. The maximum Gasteiger partial charge on any atom is 0.213 e. The molecule has 4 aromatic rings. The molecular formula is C21H19N2+. The van der Waals surface area contributed by atoms with E-state index in [4.69, 9.17) is 0 Å². The maximum absolute atomic E-state index is 3.23. The summed E-state index contributed by atoms with van der Waals surface area (Å²) in [7, 11) is 0. The zero-order valence-electron chi connectivity index (χ0n) is 13.2. The van der Waals surface area contributed by atoms with Crippen LogP contribution in [0.2, 0.25) is 0 Å². The van der Waals surface area contributed by atoms with Gasteiger partial charge in [-0.25, -0.2) is 0 Å². The van der Waals surface area contributed by atoms with E-state index < -0.39 is 0 Å². The third-order valence-corrected chi connectivity index (χ3v) is 4.33. The van der Waals surface area contributed by atoms with Crippen LogP contribution >= 0.6 is 0 Å². The van der Waals surface area contributed by atoms with E-state index >= 15 is 0 Å². The van der Waals surface area contributed by atoms with Crippen molar-refractivity contribution in [1.82, 2.24) is 4.98 Å². The van der Waals surface area contributed by atoms with E-state index in [1.165, 1.54) is 32.9 Å². The fraction of sp³-hybridized carbons (Fsp3) is 0.0952. The van der Waals surface area contributed by atoms with Crippen LogP contribution in [-0.4, -0.2) is 4.98 Å². The van der Waals surface area contributed by atoms with Crippen LogP contribution in [0.5, 0.6) is 0 Å². The van der Waals surface area contributed by atoms with Gasteiger partial charge < -0.3 is 4.98 Å². The summed E-state index contributed by atoms with van der Waals surface area (Å²) in [4.78, 5) is 3.23. The minimum absolute atomic E-state index is 0.981. The lowest BCUT2D eigenvalue weighted by atomic mass is 10.1. The second-order valence-corrected chi connectivity index (χ2v) is 5.73. The van der Waals surface area contributed by atoms with Crippen molar-refractivity contribution in [3.63, 3.8) is 0 Å². The highest BCUT2D eigenvalue weighted by atomic mass is 14.9. The molecule has 0 atom stereocenters. The number of hydrogen-bond donors (Lipinski definition) is 1. The molecule has 112 valence electrons. The third-order valence-electron chi connectivity index (χ3n) is 4.33. The summed E-state index contributed by atoms with van der Waals surface area (Å²) < 4.78 is 2.28. The van der Waals surface area contributed by atoms with Crippen LogP contribution in [0.25, 0.3) is 34.0 Å². The fourth-order valence-corrected chi connectivity index (χ4v) is 3.09. The first kappa shape index (κ1) is 13.8. The normalized spacial score (nSPS) is 11.7. The van der Waals surface area contributed by atoms with Gasteiger partial charge in [0.15, 0.2) is 6.20 Å². The Bertz CT molecular complexity index is 1010. The number of nitrogens with zero attached hydrogens (tertiary/aromatic N) is 1. The van der Waals surface area contributed by atoms with Crippen molar-refractivity contribution in [1.29, 1.82) is 0 Å². The second-order valence-electron chi connectivity index (χ2n) is 5.73. The molecule has 0 saturated heterocycles. The van der Waals surface area contributed by atoms with Gasteiger partial charge in [0, 0.05) is 23.8 Å². The Kier molecular flexibility index (Phi) is 3.43. The minimum atomic E-state index is 0.981. The minimum Gasteiger partial charge on any atom is -0.361 e. The highest BCUT2D eigenvalue weighted by molar-refractivity contribution is 5.90. The smallest absolute Gasteiger partial charge is 0.213 e. The number of aryl methyl sites for hydroxylation is 1. The zero-order valence-corrected chi connectivity index (χ0v) is 13.2. The van der Waals surface area contributed by atoms with Crippen molar-refractivity contribution in [2.45, 2.75) is 13.5 Å². The van der Waals surface area contributed by atoms with Gasteiger partial charge in [-0.3, -0.25) is 0 Å². The molecule has 0 aliphatic rings. The Morgan fingerprint density at radius 2 is 1.91 bits per heavy atom. The summed E-state index contributed by atoms with van der Waals surface area (Å²) in [6.45, 7) is 3.16. The largest absolute Gasteiger partial charge is 0.361 e. The van der Waals surface area contributed by atoms with Crippen LogP contribution in [0.15, 0.2) is 67.0 Å². The predicted octanol–water partition coefficient (Wildman–Crippen LogP) is 4.80. The molecule has 0 radical (unpaired) electrons. The quantitative estimate of drug-likeness (QED) is 0.524. The van der Waals surface area contributed by atoms with E-state index in [2.05, 4.69) is 89.4 Å². The number of benzene rings is 2. The molecule has 2 nitrogen and oxygen atoms in total. The molecule has 0 unspecified atom stereocenters. The number of aromatic amines is 1. The van der Waals surface area contributed by atoms with Gasteiger partial charge in [0.1, 0.15) is 6.54 Å². The molecule has 2 heterocycles. The standard InChI is InChI=1S/C21H18N2/c1-2-23-14-12-17(19-5-3-4-6-21(19)23)9-7-16-8-10-20-18(15-16)11-13-22-20/h3-15H,2H2,1H3/p+1. The van der Waals surface area contributed by atoms with Crippen molar-refractivity contribution in [2.75, 3.05) is 0 Å². The second kappa shape index (κ2) is 5.73. The molecule has 0 bridgehead atoms. The van der Waals surface area contributed by atoms with E-state index in [0.29, 0.717) is 0 Å². The highest BCUT2D eigenvalue weighted by Gasteiger charge is 2.08. The predicted molar refractivity (Wildman–Crippen MR) is 97.0 cm³/mol. The average Bonchev–Trinajstić information content (AvgIpc) is 3.07. The van der Waals surface area contributed by atoms with Gasteiger partial charge in [0.2, 0.25) is 5.52 Å². The van der Waals surface area contributed by atoms with Crippen LogP contribution in [0.1, 0.15) is 18.1 Å². The van der Waals surface area contributed by atoms with E-state index in [1.807, 2.05) is 6.20 Å². The molecule has 23 heavy (non-hydrogen) atoms. The van der Waals surface area contributed by atoms with Crippen LogP contribution in [0.4, 0.5) is 0 Å². The first-order valence-corrected chi connectivity index (χ1v) is 8.01. The van der Waals surface area contributed by atoms with Gasteiger partial charge in [-0.1, -0.05) is 30.4 Å². The van der Waals surface area contributed by atoms with E-state index in [1.54, 1.807) is 0 Å². The number of rotatable bonds is 3. The molecule has 0 aliphatic heterocycles. The Morgan fingerprint density at radius 1 is 1.00 bits per heavy atom. The highest BCUT2D eigenvalue weighted by Crippen LogP contribution is 2.20. The van der Waals surface area contributed by atoms with E-state index in [9.17, 15) is 0 Å². The van der Waals surface area contributed by atoms with Crippen molar-refractivity contribution in [3.8, 4) is 0 Å². The lowest BCUT2D eigenvalue weighted by molar-refractivity contribution is -0.667. The first-order chi connectivity index (χ1) is 11.3. The molecule has 1 N–H and O–H groups in total. The average molecular weight is 299 g/mol. The van der Waals surface area contributed by atoms with Gasteiger partial charge >= 0.3 is 0 Å². The first-order valence-electron chi connectivity index (χ1n) is 8.01. The van der Waals surface area contributed by atoms with Gasteiger partial charge in [0.25, 0.3) is 0 Å². The Labute approximate surface area is 135 Å². The molecule has 2 heteroatoms. The molecule has 0 amide bonds. The molecule has 2 aromatic heterocycles. The molecule has 0 saturated carbocycles. The summed E-state index contributed by atoms with van der Waals surface area (Å²) in [6.07, 6.45) is 8.53. The van der Waals surface area contributed by atoms with Gasteiger partial charge in [-0.2, -0.15) is 4.57 Å². The van der Waals surface area contributed by atoms with Crippen LogP contribution in [0, 0.1) is 0 Å². The molecule has 0 aliphatic carbocycles. The van der Waals surface area contributed by atoms with Crippen LogP contribution in [0.3, 0.4) is 0 Å². The van der Waals surface area contributed by atoms with Gasteiger partial charge in [0.05, 0.1) is 5.39 Å². The van der Waals surface area contributed by atoms with Crippen molar-refractivity contribution < 1.29 is 4.57 Å². The van der Waals surface area contributed by atoms with Crippen LogP contribution in [-0.2, 0) is 6.54 Å². The Hall–Kier alpha value is -2.87. The summed E-state index contributed by atoms with van der Waals surface area (Å²) in [6, 6.07) is 19.4. The topological polar surface area (TPSA) is 19.7 Å². The van der Waals surface area contributed by atoms with Crippen molar-refractivity contribution in [2.24, 2.45) is 0 Å². The summed E-state index contributed by atoms with van der Waals surface area (Å²) in [5.41, 5.74) is 4.92. The summed E-state index contributed by atoms with van der Waals surface area (Å²) >= 11 is 0. The fourth-order valence-electron chi connectivity index (χ4n) is 3.09. The molecule has 2 aromatic carbocycles. The van der Waals surface area contributed by atoms with Crippen molar-refractivity contribution in [3.05, 3.63) is 78.1 Å². The number of hydrogen-bond acceptors (Lipinski definition) is 0. The number of fused-ring (bicyclic) bond motifs is 2. The number of pyridine rings is 1. The Balaban J connectivity index is 1.77. The number of para-hydroxylation sites is 1.